The molecular weight excluding hydrogens is 399 g/mol. The van der Waals surface area contributed by atoms with Crippen LogP contribution in [0.2, 0.25) is 0 Å². The Hall–Kier alpha value is 0.530. The lowest BCUT2D eigenvalue weighted by atomic mass is 10.1. The van der Waals surface area contributed by atoms with Gasteiger partial charge in [0.1, 0.15) is 0 Å². The zero-order chi connectivity index (χ0) is 22.0. The van der Waals surface area contributed by atoms with Crippen molar-refractivity contribution < 1.29 is 13.6 Å². The van der Waals surface area contributed by atoms with Crippen LogP contribution in [-0.2, 0) is 25.4 Å². The second-order valence-electron chi connectivity index (χ2n) is 9.68. The van der Waals surface area contributed by atoms with E-state index in [4.69, 9.17) is 25.4 Å². The van der Waals surface area contributed by atoms with E-state index >= 15 is 0 Å². The molecule has 0 aromatic carbocycles. The highest BCUT2D eigenvalue weighted by Crippen LogP contribution is 2.50. The van der Waals surface area contributed by atoms with Crippen molar-refractivity contribution in [2.75, 3.05) is 19.8 Å². The molecule has 0 aliphatic heterocycles. The van der Waals surface area contributed by atoms with Gasteiger partial charge in [-0.3, -0.25) is 0 Å². The second-order valence-corrected chi connectivity index (χ2v) is 12.7. The van der Waals surface area contributed by atoms with Gasteiger partial charge in [-0.2, -0.15) is 0 Å². The van der Waals surface area contributed by atoms with Gasteiger partial charge in [0.25, 0.3) is 0 Å². The van der Waals surface area contributed by atoms with Gasteiger partial charge in [-0.25, -0.2) is 0 Å². The fraction of sp³-hybridized carbons (Fsp3) is 1.00. The predicted octanol–water partition coefficient (Wildman–Crippen LogP) is 8.91. The molecule has 5 heteroatoms. The molecule has 0 aliphatic rings. The molecule has 0 N–H and O–H groups in total. The molecule has 0 bridgehead atoms. The van der Waals surface area contributed by atoms with Crippen LogP contribution in [0, 0.1) is 17.8 Å². The molecule has 29 heavy (non-hydrogen) atoms. The van der Waals surface area contributed by atoms with Gasteiger partial charge in [0.05, 0.1) is 19.8 Å². The Kier molecular flexibility index (Phi) is 19.6. The van der Waals surface area contributed by atoms with Crippen LogP contribution in [0.25, 0.3) is 0 Å². The second kappa shape index (κ2) is 19.2. The Morgan fingerprint density at radius 3 is 1.00 bits per heavy atom. The van der Waals surface area contributed by atoms with Gasteiger partial charge >= 0.3 is 6.72 Å². The van der Waals surface area contributed by atoms with Crippen LogP contribution in [0.4, 0.5) is 0 Å². The minimum Gasteiger partial charge on any atom is -0.309 e. The summed E-state index contributed by atoms with van der Waals surface area (Å²) in [6.45, 7) is 13.1. The minimum atomic E-state index is -2.59. The Balaban J connectivity index is 4.15. The van der Waals surface area contributed by atoms with Crippen LogP contribution in [0.5, 0.6) is 0 Å². The van der Waals surface area contributed by atoms with E-state index in [9.17, 15) is 0 Å². The van der Waals surface area contributed by atoms with Crippen LogP contribution in [-0.4, -0.2) is 19.8 Å². The molecule has 0 radical (unpaired) electrons. The molecule has 0 aliphatic carbocycles. The van der Waals surface area contributed by atoms with Crippen molar-refractivity contribution in [3.63, 3.8) is 0 Å². The molecule has 0 unspecified atom stereocenters. The number of hydrogen-bond acceptors (Lipinski definition) is 4. The average molecular weight is 451 g/mol. The minimum absolute atomic E-state index is 0.663. The van der Waals surface area contributed by atoms with Gasteiger partial charge in [0.2, 0.25) is 0 Å². The topological polar surface area (TPSA) is 27.7 Å². The lowest BCUT2D eigenvalue weighted by molar-refractivity contribution is 0.150. The molecule has 0 aromatic heterocycles. The van der Waals surface area contributed by atoms with E-state index in [1.165, 1.54) is 57.8 Å². The molecule has 3 nitrogen and oxygen atoms in total. The Morgan fingerprint density at radius 1 is 0.483 bits per heavy atom. The average Bonchev–Trinajstić information content (AvgIpc) is 2.63. The van der Waals surface area contributed by atoms with Crippen LogP contribution in [0.1, 0.15) is 119 Å². The summed E-state index contributed by atoms with van der Waals surface area (Å²) in [7, 11) is 0. The summed E-state index contributed by atoms with van der Waals surface area (Å²) in [5, 5.41) is 0. The number of hydrogen-bond donors (Lipinski definition) is 0. The third-order valence-corrected chi connectivity index (χ3v) is 7.47. The Morgan fingerprint density at radius 2 is 0.759 bits per heavy atom. The van der Waals surface area contributed by atoms with Crippen molar-refractivity contribution in [3.05, 3.63) is 0 Å². The summed E-state index contributed by atoms with van der Waals surface area (Å²) < 4.78 is 18.0. The summed E-state index contributed by atoms with van der Waals surface area (Å²) in [5.41, 5.74) is 0. The van der Waals surface area contributed by atoms with E-state index in [0.717, 1.165) is 37.0 Å². The first-order valence-electron chi connectivity index (χ1n) is 12.3. The number of rotatable bonds is 21. The molecule has 176 valence electrons. The van der Waals surface area contributed by atoms with Gasteiger partial charge < -0.3 is 13.6 Å². The van der Waals surface area contributed by atoms with Crippen molar-refractivity contribution in [1.82, 2.24) is 0 Å². The van der Waals surface area contributed by atoms with E-state index in [2.05, 4.69) is 41.5 Å². The largest absolute Gasteiger partial charge is 0.327 e. The molecule has 0 saturated carbocycles. The first-order valence-corrected chi connectivity index (χ1v) is 14.8. The summed E-state index contributed by atoms with van der Waals surface area (Å²) in [6, 6.07) is 0. The van der Waals surface area contributed by atoms with E-state index < -0.39 is 6.72 Å². The maximum Gasteiger partial charge on any atom is 0.327 e. The summed E-state index contributed by atoms with van der Waals surface area (Å²) in [6.07, 6.45) is 14.3. The SMILES string of the molecule is CC(C)CCCCCOP(=S)(OCCCCCC(C)C)OCCCCCC(C)C. The Bertz CT molecular complexity index is 343. The smallest absolute Gasteiger partial charge is 0.309 e. The van der Waals surface area contributed by atoms with Crippen LogP contribution < -0.4 is 0 Å². The molecule has 0 amide bonds. The molecular formula is C24H51O3PS. The predicted molar refractivity (Wildman–Crippen MR) is 132 cm³/mol. The van der Waals surface area contributed by atoms with Gasteiger partial charge in [-0.1, -0.05) is 99.3 Å². The molecule has 0 saturated heterocycles. The van der Waals surface area contributed by atoms with E-state index in [1.807, 2.05) is 0 Å². The maximum atomic E-state index is 6.01. The van der Waals surface area contributed by atoms with Crippen LogP contribution in [0.3, 0.4) is 0 Å². The van der Waals surface area contributed by atoms with Gasteiger partial charge in [0.15, 0.2) is 0 Å². The lowest BCUT2D eigenvalue weighted by Gasteiger charge is -2.22. The standard InChI is InChI=1S/C24H51O3PS/c1-22(2)16-10-7-13-19-25-28(29,26-20-14-8-11-17-23(3)4)27-21-15-9-12-18-24(5)6/h22-24H,7-21H2,1-6H3. The molecule has 0 spiro atoms. The molecule has 0 heterocycles. The monoisotopic (exact) mass is 450 g/mol. The number of unbranched alkanes of at least 4 members (excludes halogenated alkanes) is 6. The fourth-order valence-electron chi connectivity index (χ4n) is 3.14. The van der Waals surface area contributed by atoms with Gasteiger partial charge in [-0.15, -0.1) is 0 Å². The normalized spacial score (nSPS) is 12.6. The zero-order valence-electron chi connectivity index (χ0n) is 20.4. The van der Waals surface area contributed by atoms with Gasteiger partial charge in [0, 0.05) is 0 Å². The molecule has 0 atom stereocenters. The highest BCUT2D eigenvalue weighted by atomic mass is 32.5. The summed E-state index contributed by atoms with van der Waals surface area (Å²) in [5.74, 6) is 2.33. The zero-order valence-corrected chi connectivity index (χ0v) is 22.1. The maximum absolute atomic E-state index is 6.01. The van der Waals surface area contributed by atoms with Crippen molar-refractivity contribution in [1.29, 1.82) is 0 Å². The van der Waals surface area contributed by atoms with Crippen molar-refractivity contribution in [2.24, 2.45) is 17.8 Å². The summed E-state index contributed by atoms with van der Waals surface area (Å²) >= 11 is 5.70. The van der Waals surface area contributed by atoms with Crippen LogP contribution >= 0.6 is 6.72 Å². The quantitative estimate of drug-likeness (QED) is 0.129. The van der Waals surface area contributed by atoms with Crippen LogP contribution in [0.15, 0.2) is 0 Å². The first-order chi connectivity index (χ1) is 13.7. The van der Waals surface area contributed by atoms with E-state index in [-0.39, 0.29) is 0 Å². The van der Waals surface area contributed by atoms with E-state index in [1.54, 1.807) is 0 Å². The molecule has 0 fully saturated rings. The van der Waals surface area contributed by atoms with Gasteiger partial charge in [-0.05, 0) is 48.8 Å². The molecule has 0 rings (SSSR count). The van der Waals surface area contributed by atoms with E-state index in [0.29, 0.717) is 19.8 Å². The lowest BCUT2D eigenvalue weighted by Crippen LogP contribution is -2.04. The van der Waals surface area contributed by atoms with Crippen molar-refractivity contribution in [3.8, 4) is 0 Å². The Labute approximate surface area is 188 Å². The first kappa shape index (κ1) is 29.5. The highest BCUT2D eigenvalue weighted by molar-refractivity contribution is 8.07. The van der Waals surface area contributed by atoms with Crippen molar-refractivity contribution in [2.45, 2.75) is 119 Å². The van der Waals surface area contributed by atoms with Crippen molar-refractivity contribution >= 4 is 18.5 Å². The molecule has 0 aromatic rings. The fourth-order valence-corrected chi connectivity index (χ4v) is 5.09. The third-order valence-electron chi connectivity index (χ3n) is 5.03. The summed E-state index contributed by atoms with van der Waals surface area (Å²) in [4.78, 5) is 0. The third kappa shape index (κ3) is 21.5. The highest BCUT2D eigenvalue weighted by Gasteiger charge is 2.20.